The van der Waals surface area contributed by atoms with Crippen molar-refractivity contribution in [1.82, 2.24) is 10.3 Å². The summed E-state index contributed by atoms with van der Waals surface area (Å²) >= 11 is 5.77. The summed E-state index contributed by atoms with van der Waals surface area (Å²) in [6.45, 7) is 2.86. The van der Waals surface area contributed by atoms with Crippen LogP contribution in [0.15, 0.2) is 18.3 Å². The molecule has 0 aliphatic rings. The van der Waals surface area contributed by atoms with Crippen LogP contribution in [0.5, 0.6) is 0 Å². The Balaban J connectivity index is 2.30. The second-order valence-corrected chi connectivity index (χ2v) is 4.11. The minimum atomic E-state index is -0.154. The Hall–Kier alpha value is -1.09. The first-order valence-electron chi connectivity index (χ1n) is 5.63. The maximum Gasteiger partial charge on any atom is 0.269 e. The summed E-state index contributed by atoms with van der Waals surface area (Å²) in [4.78, 5) is 15.6. The number of pyridine rings is 1. The van der Waals surface area contributed by atoms with E-state index < -0.39 is 0 Å². The molecule has 0 saturated carbocycles. The predicted octanol–water partition coefficient (Wildman–Crippen LogP) is 3.05. The average Bonchev–Trinajstić information content (AvgIpc) is 2.28. The van der Waals surface area contributed by atoms with Crippen molar-refractivity contribution in [3.05, 3.63) is 29.0 Å². The molecule has 0 saturated heterocycles. The largest absolute Gasteiger partial charge is 0.351 e. The van der Waals surface area contributed by atoms with Gasteiger partial charge in [-0.2, -0.15) is 0 Å². The van der Waals surface area contributed by atoms with Crippen LogP contribution in [0, 0.1) is 0 Å². The summed E-state index contributed by atoms with van der Waals surface area (Å²) in [5, 5.41) is 3.36. The fraction of sp³-hybridized carbons (Fsp3) is 0.500. The molecule has 4 heteroatoms. The lowest BCUT2D eigenvalue weighted by Crippen LogP contribution is -2.25. The van der Waals surface area contributed by atoms with Gasteiger partial charge in [-0.1, -0.05) is 37.8 Å². The number of unbranched alkanes of at least 4 members (excludes halogenated alkanes) is 3. The predicted molar refractivity (Wildman–Crippen MR) is 65.7 cm³/mol. The number of rotatable bonds is 6. The molecule has 0 fully saturated rings. The lowest BCUT2D eigenvalue weighted by molar-refractivity contribution is 0.0948. The van der Waals surface area contributed by atoms with Crippen molar-refractivity contribution in [3.63, 3.8) is 0 Å². The van der Waals surface area contributed by atoms with E-state index in [4.69, 9.17) is 11.6 Å². The third kappa shape index (κ3) is 4.62. The fourth-order valence-corrected chi connectivity index (χ4v) is 1.53. The molecule has 0 bridgehead atoms. The van der Waals surface area contributed by atoms with Crippen LogP contribution in [0.4, 0.5) is 0 Å². The molecular weight excluding hydrogens is 224 g/mol. The first-order chi connectivity index (χ1) is 7.74. The van der Waals surface area contributed by atoms with Crippen molar-refractivity contribution in [2.75, 3.05) is 6.54 Å². The highest BCUT2D eigenvalue weighted by atomic mass is 35.5. The molecule has 1 amide bonds. The highest BCUT2D eigenvalue weighted by Gasteiger charge is 2.05. The normalized spacial score (nSPS) is 10.1. The van der Waals surface area contributed by atoms with Gasteiger partial charge in [0.1, 0.15) is 5.69 Å². The van der Waals surface area contributed by atoms with Crippen LogP contribution in [0.1, 0.15) is 43.1 Å². The van der Waals surface area contributed by atoms with Crippen LogP contribution < -0.4 is 5.32 Å². The number of nitrogens with one attached hydrogen (secondary N) is 1. The van der Waals surface area contributed by atoms with Gasteiger partial charge in [-0.25, -0.2) is 0 Å². The molecule has 3 nitrogen and oxygen atoms in total. The van der Waals surface area contributed by atoms with Crippen LogP contribution in [0.2, 0.25) is 5.02 Å². The number of amides is 1. The number of halogens is 1. The zero-order chi connectivity index (χ0) is 11.8. The number of carbonyl (C=O) groups excluding carboxylic acids is 1. The topological polar surface area (TPSA) is 42.0 Å². The van der Waals surface area contributed by atoms with Crippen LogP contribution in [-0.4, -0.2) is 17.4 Å². The van der Waals surface area contributed by atoms with Gasteiger partial charge >= 0.3 is 0 Å². The van der Waals surface area contributed by atoms with Crippen molar-refractivity contribution < 1.29 is 4.79 Å². The van der Waals surface area contributed by atoms with Crippen molar-refractivity contribution in [2.24, 2.45) is 0 Å². The Morgan fingerprint density at radius 3 is 2.94 bits per heavy atom. The van der Waals surface area contributed by atoms with E-state index in [1.54, 1.807) is 12.1 Å². The molecule has 1 heterocycles. The Bertz CT molecular complexity index is 342. The second-order valence-electron chi connectivity index (χ2n) is 3.68. The fourth-order valence-electron chi connectivity index (χ4n) is 1.37. The summed E-state index contributed by atoms with van der Waals surface area (Å²) in [6.07, 6.45) is 6.11. The van der Waals surface area contributed by atoms with Gasteiger partial charge in [0.05, 0.1) is 0 Å². The maximum atomic E-state index is 11.6. The van der Waals surface area contributed by atoms with Gasteiger partial charge in [-0.15, -0.1) is 0 Å². The minimum absolute atomic E-state index is 0.154. The van der Waals surface area contributed by atoms with Crippen molar-refractivity contribution >= 4 is 17.5 Å². The molecule has 1 aromatic rings. The summed E-state index contributed by atoms with van der Waals surface area (Å²) in [7, 11) is 0. The number of hydrogen-bond donors (Lipinski definition) is 1. The molecule has 0 radical (unpaired) electrons. The molecule has 1 rings (SSSR count). The molecule has 16 heavy (non-hydrogen) atoms. The van der Waals surface area contributed by atoms with Crippen LogP contribution >= 0.6 is 11.6 Å². The molecule has 0 aliphatic heterocycles. The van der Waals surface area contributed by atoms with Gasteiger partial charge in [-0.3, -0.25) is 9.78 Å². The minimum Gasteiger partial charge on any atom is -0.351 e. The number of nitrogens with zero attached hydrogens (tertiary/aromatic N) is 1. The molecule has 0 unspecified atom stereocenters. The highest BCUT2D eigenvalue weighted by Crippen LogP contribution is 2.07. The Morgan fingerprint density at radius 1 is 1.44 bits per heavy atom. The highest BCUT2D eigenvalue weighted by molar-refractivity contribution is 6.30. The lowest BCUT2D eigenvalue weighted by Gasteiger charge is -2.04. The van der Waals surface area contributed by atoms with Crippen LogP contribution in [-0.2, 0) is 0 Å². The zero-order valence-electron chi connectivity index (χ0n) is 9.50. The SMILES string of the molecule is CCCCCCNC(=O)c1cc(Cl)ccn1. The van der Waals surface area contributed by atoms with Crippen molar-refractivity contribution in [3.8, 4) is 0 Å². The molecule has 0 aliphatic carbocycles. The number of hydrogen-bond acceptors (Lipinski definition) is 2. The Morgan fingerprint density at radius 2 is 2.25 bits per heavy atom. The van der Waals surface area contributed by atoms with E-state index in [0.29, 0.717) is 17.3 Å². The number of aromatic nitrogens is 1. The zero-order valence-corrected chi connectivity index (χ0v) is 10.3. The van der Waals surface area contributed by atoms with Crippen LogP contribution in [0.25, 0.3) is 0 Å². The van der Waals surface area contributed by atoms with E-state index >= 15 is 0 Å². The standard InChI is InChI=1S/C12H17ClN2O/c1-2-3-4-5-7-15-12(16)11-9-10(13)6-8-14-11/h6,8-9H,2-5,7H2,1H3,(H,15,16). The van der Waals surface area contributed by atoms with Gasteiger partial charge in [0.15, 0.2) is 0 Å². The summed E-state index contributed by atoms with van der Waals surface area (Å²) in [5.41, 5.74) is 0.378. The molecule has 1 N–H and O–H groups in total. The van der Waals surface area contributed by atoms with Crippen molar-refractivity contribution in [2.45, 2.75) is 32.6 Å². The molecular formula is C12H17ClN2O. The Labute approximate surface area is 101 Å². The van der Waals surface area contributed by atoms with Crippen molar-refractivity contribution in [1.29, 1.82) is 0 Å². The third-order valence-electron chi connectivity index (χ3n) is 2.27. The van der Waals surface area contributed by atoms with E-state index in [-0.39, 0.29) is 5.91 Å². The van der Waals surface area contributed by atoms with E-state index in [9.17, 15) is 4.79 Å². The van der Waals surface area contributed by atoms with Gasteiger partial charge in [0, 0.05) is 17.8 Å². The smallest absolute Gasteiger partial charge is 0.269 e. The summed E-state index contributed by atoms with van der Waals surface area (Å²) < 4.78 is 0. The quantitative estimate of drug-likeness (QED) is 0.777. The first kappa shape index (κ1) is 13.0. The summed E-state index contributed by atoms with van der Waals surface area (Å²) in [6, 6.07) is 3.22. The van der Waals surface area contributed by atoms with E-state index in [1.165, 1.54) is 19.0 Å². The van der Waals surface area contributed by atoms with Gasteiger partial charge in [-0.05, 0) is 18.6 Å². The third-order valence-corrected chi connectivity index (χ3v) is 2.51. The van der Waals surface area contributed by atoms with Gasteiger partial charge in [0.25, 0.3) is 5.91 Å². The monoisotopic (exact) mass is 240 g/mol. The lowest BCUT2D eigenvalue weighted by atomic mass is 10.2. The molecule has 0 spiro atoms. The molecule has 0 aromatic carbocycles. The molecule has 88 valence electrons. The van der Waals surface area contributed by atoms with E-state index in [2.05, 4.69) is 17.2 Å². The van der Waals surface area contributed by atoms with Gasteiger partial charge in [0.2, 0.25) is 0 Å². The summed E-state index contributed by atoms with van der Waals surface area (Å²) in [5.74, 6) is -0.154. The number of carbonyl (C=O) groups is 1. The van der Waals surface area contributed by atoms with Gasteiger partial charge < -0.3 is 5.32 Å². The first-order valence-corrected chi connectivity index (χ1v) is 6.01. The Kier molecular flexibility index (Phi) is 5.86. The van der Waals surface area contributed by atoms with E-state index in [1.807, 2.05) is 0 Å². The second kappa shape index (κ2) is 7.23. The van der Waals surface area contributed by atoms with E-state index in [0.717, 1.165) is 12.8 Å². The maximum absolute atomic E-state index is 11.6. The van der Waals surface area contributed by atoms with Crippen LogP contribution in [0.3, 0.4) is 0 Å². The average molecular weight is 241 g/mol. The molecule has 0 atom stereocenters. The molecule has 1 aromatic heterocycles.